The lowest BCUT2D eigenvalue weighted by Crippen LogP contribution is -2.63. The lowest BCUT2D eigenvalue weighted by atomic mass is 9.96. The van der Waals surface area contributed by atoms with Gasteiger partial charge in [0.25, 0.3) is 0 Å². The van der Waals surface area contributed by atoms with Crippen molar-refractivity contribution in [2.75, 3.05) is 26.4 Å². The lowest BCUT2D eigenvalue weighted by molar-refractivity contribution is -0.347. The van der Waals surface area contributed by atoms with E-state index in [-0.39, 0.29) is 24.6 Å². The van der Waals surface area contributed by atoms with E-state index in [9.17, 15) is 71.5 Å². The summed E-state index contributed by atoms with van der Waals surface area (Å²) in [6.45, 7) is -3.37. The number of aromatic nitrogens is 6. The zero-order valence-corrected chi connectivity index (χ0v) is 29.7. The van der Waals surface area contributed by atoms with Crippen LogP contribution in [-0.2, 0) is 46.4 Å². The summed E-state index contributed by atoms with van der Waals surface area (Å²) >= 11 is 0. The van der Waals surface area contributed by atoms with Gasteiger partial charge in [0.1, 0.15) is 109 Å². The average Bonchev–Trinajstić information content (AvgIpc) is 3.89. The Bertz CT molecular complexity index is 1440. The average molecular weight is 829 g/mol. The van der Waals surface area contributed by atoms with Crippen LogP contribution in [-0.4, -0.2) is 238 Å². The monoisotopic (exact) mass is 828 g/mol. The van der Waals surface area contributed by atoms with E-state index in [1.807, 2.05) is 0 Å². The first-order valence-corrected chi connectivity index (χ1v) is 17.8. The Kier molecular flexibility index (Phi) is 14.5. The smallest absolute Gasteiger partial charge is 0.187 e. The van der Waals surface area contributed by atoms with E-state index >= 15 is 0 Å². The summed E-state index contributed by atoms with van der Waals surface area (Å²) < 4.78 is 40.9. The molecular weight excluding hydrogens is 780 g/mol. The number of hydrogen-bond acceptors (Lipinski definition) is 25. The van der Waals surface area contributed by atoms with Crippen molar-refractivity contribution in [2.24, 2.45) is 0 Å². The predicted molar refractivity (Wildman–Crippen MR) is 172 cm³/mol. The van der Waals surface area contributed by atoms with Gasteiger partial charge in [-0.15, -0.1) is 10.2 Å². The van der Waals surface area contributed by atoms with Crippen LogP contribution in [0.15, 0.2) is 12.4 Å². The van der Waals surface area contributed by atoms with Gasteiger partial charge in [0.15, 0.2) is 25.0 Å². The Morgan fingerprint density at radius 3 is 1.18 bits per heavy atom. The summed E-state index contributed by atoms with van der Waals surface area (Å²) in [6.07, 6.45) is -29.5. The van der Waals surface area contributed by atoms with Crippen molar-refractivity contribution in [3.8, 4) is 0 Å². The van der Waals surface area contributed by atoms with Crippen LogP contribution < -0.4 is 0 Å². The molecule has 0 unspecified atom stereocenters. The van der Waals surface area contributed by atoms with E-state index < -0.39 is 149 Å². The van der Waals surface area contributed by atoms with E-state index in [2.05, 4.69) is 20.6 Å². The quantitative estimate of drug-likeness (QED) is 0.0840. The van der Waals surface area contributed by atoms with Gasteiger partial charge in [-0.1, -0.05) is 10.4 Å². The summed E-state index contributed by atoms with van der Waals surface area (Å²) in [6, 6.07) is 0. The van der Waals surface area contributed by atoms with Crippen LogP contribution >= 0.6 is 0 Å². The number of aliphatic hydroxyl groups excluding tert-OH is 14. The second kappa shape index (κ2) is 18.8. The summed E-state index contributed by atoms with van der Waals surface area (Å²) in [5.41, 5.74) is 0.414. The molecule has 0 spiro atoms. The molecule has 4 aliphatic rings. The van der Waals surface area contributed by atoms with Crippen molar-refractivity contribution in [3.05, 3.63) is 23.8 Å². The van der Waals surface area contributed by atoms with Crippen LogP contribution in [0.1, 0.15) is 23.8 Å². The van der Waals surface area contributed by atoms with Gasteiger partial charge in [0.05, 0.1) is 52.0 Å². The van der Waals surface area contributed by atoms with Gasteiger partial charge in [0, 0.05) is 0 Å². The third kappa shape index (κ3) is 8.99. The van der Waals surface area contributed by atoms with Crippen molar-refractivity contribution in [3.63, 3.8) is 0 Å². The molecule has 14 N–H and O–H groups in total. The maximum atomic E-state index is 10.9. The first-order chi connectivity index (χ1) is 27.2. The molecule has 0 saturated carbocycles. The van der Waals surface area contributed by atoms with E-state index in [1.165, 1.54) is 12.4 Å². The number of aliphatic hydroxyl groups is 14. The molecule has 0 aromatic carbocycles. The zero-order chi connectivity index (χ0) is 41.3. The van der Waals surface area contributed by atoms with Crippen molar-refractivity contribution in [2.45, 2.75) is 136 Å². The molecule has 0 amide bonds. The summed E-state index contributed by atoms with van der Waals surface area (Å²) in [7, 11) is 0. The number of rotatable bonds is 14. The van der Waals surface area contributed by atoms with Crippen LogP contribution in [0.2, 0.25) is 0 Å². The van der Waals surface area contributed by atoms with Crippen LogP contribution in [0.25, 0.3) is 0 Å². The maximum Gasteiger partial charge on any atom is 0.187 e. The van der Waals surface area contributed by atoms with E-state index in [0.717, 1.165) is 9.36 Å². The SMILES string of the molecule is OC[C@H]1O[C@@H](O[C@H]2[C@H](O)[C@@H](O)[C@H](n3cc(COCc4cn([C@@H]5O[C@H](CO)[C@@H](O[C@@H]6O[C@H](CO)[C@H](O)[C@H](O)[C@H]6O)[C@H](O)[C@H]5O)nn4)nn3)O[C@@H]2CO)[C@H](O)[C@@H](O)[C@H]1O. The molecule has 6 heterocycles. The zero-order valence-electron chi connectivity index (χ0n) is 29.7. The number of nitrogens with zero attached hydrogens (tertiary/aromatic N) is 6. The molecule has 4 saturated heterocycles. The highest BCUT2D eigenvalue weighted by Crippen LogP contribution is 2.34. The van der Waals surface area contributed by atoms with Gasteiger partial charge in [-0.05, 0) is 0 Å². The predicted octanol–water partition coefficient (Wildman–Crippen LogP) is -9.82. The van der Waals surface area contributed by atoms with Gasteiger partial charge < -0.3 is 105 Å². The minimum Gasteiger partial charge on any atom is -0.394 e. The molecular formula is C30H48N6O21. The Morgan fingerprint density at radius 2 is 0.825 bits per heavy atom. The molecule has 57 heavy (non-hydrogen) atoms. The summed E-state index contributed by atoms with van der Waals surface area (Å²) in [4.78, 5) is 0. The van der Waals surface area contributed by atoms with Crippen LogP contribution in [0.5, 0.6) is 0 Å². The molecule has 324 valence electrons. The Morgan fingerprint density at radius 1 is 0.456 bits per heavy atom. The number of ether oxygens (including phenoxy) is 7. The molecule has 2 aromatic heterocycles. The Hall–Kier alpha value is -2.56. The molecule has 0 bridgehead atoms. The molecule has 0 aliphatic carbocycles. The molecule has 0 radical (unpaired) electrons. The fourth-order valence-corrected chi connectivity index (χ4v) is 6.85. The topological polar surface area (TPSA) is 409 Å². The second-order valence-corrected chi connectivity index (χ2v) is 13.9. The number of hydrogen-bond donors (Lipinski definition) is 14. The third-order valence-corrected chi connectivity index (χ3v) is 10.1. The van der Waals surface area contributed by atoms with Crippen LogP contribution in [0.4, 0.5) is 0 Å². The molecule has 20 atom stereocenters. The lowest BCUT2D eigenvalue weighted by Gasteiger charge is -2.45. The van der Waals surface area contributed by atoms with Crippen molar-refractivity contribution in [1.82, 2.24) is 30.0 Å². The molecule has 4 aliphatic heterocycles. The Labute approximate surface area is 320 Å². The highest BCUT2D eigenvalue weighted by molar-refractivity contribution is 5.00. The van der Waals surface area contributed by atoms with E-state index in [0.29, 0.717) is 0 Å². The van der Waals surface area contributed by atoms with E-state index in [1.54, 1.807) is 0 Å². The third-order valence-electron chi connectivity index (χ3n) is 10.1. The van der Waals surface area contributed by atoms with Gasteiger partial charge in [-0.3, -0.25) is 0 Å². The van der Waals surface area contributed by atoms with Crippen molar-refractivity contribution < 1.29 is 105 Å². The largest absolute Gasteiger partial charge is 0.394 e. The molecule has 6 rings (SSSR count). The standard InChI is InChI=1S/C30H48N6O21/c37-3-11-15(41)17(43)23(49)29(54-11)56-25-13(5-39)52-27(21(47)19(25)45)35-1-9(31-33-35)7-51-8-10-2-36(34-32-10)28-22(48)20(46)26(14(6-40)53-28)57-30-24(50)18(44)16(42)12(4-38)55-30/h1-2,11-30,37-50H,3-8H2/t11-,12-,13-,14-,15+,16+,17+,18+,19-,20-,21-,22-,23-,24-,25-,26-,27-,28-,29+,30+/m1/s1. The van der Waals surface area contributed by atoms with Crippen LogP contribution in [0.3, 0.4) is 0 Å². The molecule has 2 aromatic rings. The second-order valence-electron chi connectivity index (χ2n) is 13.9. The van der Waals surface area contributed by atoms with Gasteiger partial charge in [-0.25, -0.2) is 9.36 Å². The minimum absolute atomic E-state index is 0.185. The van der Waals surface area contributed by atoms with Crippen molar-refractivity contribution in [1.29, 1.82) is 0 Å². The fourth-order valence-electron chi connectivity index (χ4n) is 6.85. The minimum atomic E-state index is -1.82. The highest BCUT2D eigenvalue weighted by Gasteiger charge is 2.53. The van der Waals surface area contributed by atoms with Gasteiger partial charge in [0.2, 0.25) is 0 Å². The maximum absolute atomic E-state index is 10.9. The highest BCUT2D eigenvalue weighted by atomic mass is 16.7. The first-order valence-electron chi connectivity index (χ1n) is 17.8. The Balaban J connectivity index is 1.02. The normalized spacial score (nSPS) is 44.3. The van der Waals surface area contributed by atoms with Gasteiger partial charge >= 0.3 is 0 Å². The molecule has 4 fully saturated rings. The molecule has 27 nitrogen and oxygen atoms in total. The van der Waals surface area contributed by atoms with Crippen LogP contribution in [0, 0.1) is 0 Å². The summed E-state index contributed by atoms with van der Waals surface area (Å²) in [5.74, 6) is 0. The van der Waals surface area contributed by atoms with E-state index in [4.69, 9.17) is 33.2 Å². The molecule has 27 heteroatoms. The first kappa shape index (κ1) is 44.0. The fraction of sp³-hybridized carbons (Fsp3) is 0.867. The summed E-state index contributed by atoms with van der Waals surface area (Å²) in [5, 5.41) is 159. The van der Waals surface area contributed by atoms with Crippen molar-refractivity contribution >= 4 is 0 Å². The van der Waals surface area contributed by atoms with Gasteiger partial charge in [-0.2, -0.15) is 0 Å².